The maximum atomic E-state index is 11.7. The average Bonchev–Trinajstić information content (AvgIpc) is 2.65. The molecule has 2 heterocycles. The fourth-order valence-corrected chi connectivity index (χ4v) is 3.59. The average molecular weight is 312 g/mol. The minimum Gasteiger partial charge on any atom is -0.370 e. The van der Waals surface area contributed by atoms with E-state index in [-0.39, 0.29) is 11.5 Å². The molecule has 1 aromatic heterocycles. The van der Waals surface area contributed by atoms with E-state index < -0.39 is 9.84 Å². The second-order valence-electron chi connectivity index (χ2n) is 5.30. The van der Waals surface area contributed by atoms with Crippen molar-refractivity contribution in [2.45, 2.75) is 33.1 Å². The normalized spacial score (nSPS) is 18.3. The third kappa shape index (κ3) is 4.56. The van der Waals surface area contributed by atoms with Crippen LogP contribution in [0.4, 0.5) is 11.6 Å². The number of anilines is 2. The van der Waals surface area contributed by atoms with Crippen molar-refractivity contribution < 1.29 is 8.42 Å². The number of hydrogen-bond acceptors (Lipinski definition) is 6. The predicted molar refractivity (Wildman–Crippen MR) is 85.7 cm³/mol. The van der Waals surface area contributed by atoms with Gasteiger partial charge in [0.25, 0.3) is 0 Å². The van der Waals surface area contributed by atoms with Gasteiger partial charge < -0.3 is 10.2 Å². The molecule has 1 fully saturated rings. The molecule has 0 atom stereocenters. The summed E-state index contributed by atoms with van der Waals surface area (Å²) in [5, 5.41) is 3.28. The number of sulfone groups is 1. The smallest absolute Gasteiger partial charge is 0.152 e. The minimum absolute atomic E-state index is 0.205. The molecule has 0 aromatic carbocycles. The van der Waals surface area contributed by atoms with Crippen LogP contribution in [0.25, 0.3) is 0 Å². The molecule has 2 rings (SSSR count). The molecule has 1 saturated heterocycles. The molecule has 7 heteroatoms. The second-order valence-corrected chi connectivity index (χ2v) is 7.60. The Labute approximate surface area is 126 Å². The quantitative estimate of drug-likeness (QED) is 0.888. The summed E-state index contributed by atoms with van der Waals surface area (Å²) in [5.41, 5.74) is 0. The Morgan fingerprint density at radius 3 is 2.76 bits per heavy atom. The van der Waals surface area contributed by atoms with Crippen molar-refractivity contribution >= 4 is 21.5 Å². The van der Waals surface area contributed by atoms with E-state index in [1.807, 2.05) is 13.0 Å². The fourth-order valence-electron chi connectivity index (χ4n) is 2.31. The van der Waals surface area contributed by atoms with Gasteiger partial charge in [-0.3, -0.25) is 0 Å². The van der Waals surface area contributed by atoms with Crippen molar-refractivity contribution in [3.63, 3.8) is 0 Å². The molecule has 0 aliphatic carbocycles. The van der Waals surface area contributed by atoms with E-state index in [1.165, 1.54) is 0 Å². The summed E-state index contributed by atoms with van der Waals surface area (Å²) in [6, 6.07) is 1.92. The Bertz CT molecular complexity index is 574. The molecule has 6 nitrogen and oxygen atoms in total. The molecule has 1 aliphatic rings. The summed E-state index contributed by atoms with van der Waals surface area (Å²) in [4.78, 5) is 11.1. The Morgan fingerprint density at radius 2 is 2.05 bits per heavy atom. The molecular weight excluding hydrogens is 288 g/mol. The highest BCUT2D eigenvalue weighted by molar-refractivity contribution is 7.91. The van der Waals surface area contributed by atoms with Crippen LogP contribution in [0.3, 0.4) is 0 Å². The van der Waals surface area contributed by atoms with Crippen LogP contribution >= 0.6 is 0 Å². The van der Waals surface area contributed by atoms with Crippen molar-refractivity contribution in [2.24, 2.45) is 0 Å². The van der Waals surface area contributed by atoms with Gasteiger partial charge in [-0.1, -0.05) is 13.8 Å². The third-order valence-electron chi connectivity index (χ3n) is 3.51. The van der Waals surface area contributed by atoms with Gasteiger partial charge in [-0.25, -0.2) is 18.4 Å². The molecule has 0 amide bonds. The van der Waals surface area contributed by atoms with E-state index in [0.29, 0.717) is 13.0 Å². The Kier molecular flexibility index (Phi) is 5.39. The second kappa shape index (κ2) is 7.06. The van der Waals surface area contributed by atoms with Gasteiger partial charge in [0.2, 0.25) is 0 Å². The molecule has 0 unspecified atom stereocenters. The third-order valence-corrected chi connectivity index (χ3v) is 5.23. The number of nitrogens with zero attached hydrogens (tertiary/aromatic N) is 3. The topological polar surface area (TPSA) is 75.2 Å². The lowest BCUT2D eigenvalue weighted by Crippen LogP contribution is -2.28. The zero-order valence-corrected chi connectivity index (χ0v) is 13.6. The van der Waals surface area contributed by atoms with Gasteiger partial charge in [-0.05, 0) is 12.8 Å². The molecule has 1 aliphatic heterocycles. The summed E-state index contributed by atoms with van der Waals surface area (Å²) in [7, 11) is -2.90. The van der Waals surface area contributed by atoms with Crippen LogP contribution in [-0.4, -0.2) is 49.5 Å². The van der Waals surface area contributed by atoms with Crippen LogP contribution < -0.4 is 10.2 Å². The first kappa shape index (κ1) is 16.0. The molecule has 0 radical (unpaired) electrons. The summed E-state index contributed by atoms with van der Waals surface area (Å²) in [6.07, 6.45) is 2.45. The maximum absolute atomic E-state index is 11.7. The van der Waals surface area contributed by atoms with Crippen LogP contribution in [0, 0.1) is 0 Å². The van der Waals surface area contributed by atoms with Gasteiger partial charge in [0.15, 0.2) is 9.84 Å². The largest absolute Gasteiger partial charge is 0.370 e. The number of hydrogen-bond donors (Lipinski definition) is 1. The van der Waals surface area contributed by atoms with E-state index in [0.717, 1.165) is 43.4 Å². The molecule has 21 heavy (non-hydrogen) atoms. The van der Waals surface area contributed by atoms with Crippen LogP contribution in [0.5, 0.6) is 0 Å². The molecule has 118 valence electrons. The number of aryl methyl sites for hydroxylation is 1. The van der Waals surface area contributed by atoms with E-state index in [1.54, 1.807) is 0 Å². The number of rotatable bonds is 5. The number of aromatic nitrogens is 2. The lowest BCUT2D eigenvalue weighted by Gasteiger charge is -2.22. The lowest BCUT2D eigenvalue weighted by molar-refractivity contribution is 0.597. The van der Waals surface area contributed by atoms with Crippen LogP contribution in [0.2, 0.25) is 0 Å². The molecule has 0 saturated carbocycles. The summed E-state index contributed by atoms with van der Waals surface area (Å²) in [5.74, 6) is 2.92. The predicted octanol–water partition coefficient (Wildman–Crippen LogP) is 1.49. The van der Waals surface area contributed by atoms with Crippen molar-refractivity contribution in [3.05, 3.63) is 11.9 Å². The fraction of sp³-hybridized carbons (Fsp3) is 0.714. The highest BCUT2D eigenvalue weighted by Gasteiger charge is 2.20. The van der Waals surface area contributed by atoms with E-state index >= 15 is 0 Å². The molecule has 0 bridgehead atoms. The van der Waals surface area contributed by atoms with E-state index in [4.69, 9.17) is 0 Å². The first-order chi connectivity index (χ1) is 10.0. The number of nitrogens with one attached hydrogen (secondary N) is 1. The zero-order chi connectivity index (χ0) is 15.3. The molecular formula is C14H24N4O2S. The van der Waals surface area contributed by atoms with Gasteiger partial charge in [-0.2, -0.15) is 0 Å². The Hall–Kier alpha value is -1.37. The molecule has 0 spiro atoms. The van der Waals surface area contributed by atoms with Crippen molar-refractivity contribution in [3.8, 4) is 0 Å². The summed E-state index contributed by atoms with van der Waals surface area (Å²) in [6.45, 7) is 6.24. The van der Waals surface area contributed by atoms with Crippen LogP contribution in [0.1, 0.15) is 32.5 Å². The molecule has 1 N–H and O–H groups in total. The van der Waals surface area contributed by atoms with Gasteiger partial charge in [0, 0.05) is 32.1 Å². The summed E-state index contributed by atoms with van der Waals surface area (Å²) >= 11 is 0. The van der Waals surface area contributed by atoms with Gasteiger partial charge in [0.1, 0.15) is 17.5 Å². The first-order valence-corrected chi connectivity index (χ1v) is 9.43. The van der Waals surface area contributed by atoms with Crippen LogP contribution in [0.15, 0.2) is 6.07 Å². The molecule has 1 aromatic rings. The highest BCUT2D eigenvalue weighted by atomic mass is 32.2. The SMILES string of the molecule is CCCNc1cc(N2CCCS(=O)(=O)CC2)nc(CC)n1. The van der Waals surface area contributed by atoms with E-state index in [9.17, 15) is 8.42 Å². The monoisotopic (exact) mass is 312 g/mol. The lowest BCUT2D eigenvalue weighted by atomic mass is 10.3. The zero-order valence-electron chi connectivity index (χ0n) is 12.8. The highest BCUT2D eigenvalue weighted by Crippen LogP contribution is 2.19. The van der Waals surface area contributed by atoms with Crippen molar-refractivity contribution in [2.75, 3.05) is 41.4 Å². The standard InChI is InChI=1S/C14H24N4O2S/c1-3-6-15-13-11-14(17-12(4-2)16-13)18-7-5-9-21(19,20)10-8-18/h11H,3-10H2,1-2H3,(H,15,16,17). The summed E-state index contributed by atoms with van der Waals surface area (Å²) < 4.78 is 23.4. The van der Waals surface area contributed by atoms with Gasteiger partial charge in [0.05, 0.1) is 11.5 Å². The first-order valence-electron chi connectivity index (χ1n) is 7.61. The van der Waals surface area contributed by atoms with E-state index in [2.05, 4.69) is 27.1 Å². The van der Waals surface area contributed by atoms with Gasteiger partial charge >= 0.3 is 0 Å². The van der Waals surface area contributed by atoms with Crippen molar-refractivity contribution in [1.29, 1.82) is 0 Å². The van der Waals surface area contributed by atoms with Gasteiger partial charge in [-0.15, -0.1) is 0 Å². The van der Waals surface area contributed by atoms with Crippen molar-refractivity contribution in [1.82, 2.24) is 9.97 Å². The van der Waals surface area contributed by atoms with Crippen LogP contribution in [-0.2, 0) is 16.3 Å². The Morgan fingerprint density at radius 1 is 1.24 bits per heavy atom. The maximum Gasteiger partial charge on any atom is 0.152 e. The minimum atomic E-state index is -2.90. The Balaban J connectivity index is 2.21.